The van der Waals surface area contributed by atoms with Gasteiger partial charge in [-0.25, -0.2) is 0 Å². The smallest absolute Gasteiger partial charge is 0.254 e. The van der Waals surface area contributed by atoms with Crippen LogP contribution in [-0.4, -0.2) is 23.4 Å². The predicted molar refractivity (Wildman–Crippen MR) is 95.8 cm³/mol. The summed E-state index contributed by atoms with van der Waals surface area (Å²) in [6, 6.07) is 20.4. The summed E-state index contributed by atoms with van der Waals surface area (Å²) in [6.45, 7) is 3.02. The van der Waals surface area contributed by atoms with E-state index in [-0.39, 0.29) is 5.91 Å². The first-order valence-corrected chi connectivity index (χ1v) is 8.39. The maximum Gasteiger partial charge on any atom is 0.254 e. The fraction of sp³-hybridized carbons (Fsp3) is 0.286. The first-order valence-electron chi connectivity index (χ1n) is 8.39. The van der Waals surface area contributed by atoms with Gasteiger partial charge in [0.15, 0.2) is 0 Å². The van der Waals surface area contributed by atoms with Crippen molar-refractivity contribution in [3.05, 3.63) is 71.8 Å². The third kappa shape index (κ3) is 3.70. The van der Waals surface area contributed by atoms with Gasteiger partial charge in [-0.2, -0.15) is 0 Å². The summed E-state index contributed by atoms with van der Waals surface area (Å²) in [4.78, 5) is 15.2. The molecule has 0 radical (unpaired) electrons. The number of carbonyl (C=O) groups is 1. The molecule has 23 heavy (non-hydrogen) atoms. The lowest BCUT2D eigenvalue weighted by Gasteiger charge is -2.34. The molecule has 1 amide bonds. The van der Waals surface area contributed by atoms with Gasteiger partial charge in [-0.3, -0.25) is 4.79 Å². The number of hydrogen-bond acceptors (Lipinski definition) is 1. The molecule has 118 valence electrons. The highest BCUT2D eigenvalue weighted by atomic mass is 16.2. The molecular weight excluding hydrogens is 282 g/mol. The Bertz CT molecular complexity index is 676. The van der Waals surface area contributed by atoms with Crippen molar-refractivity contribution in [3.8, 4) is 0 Å². The maximum absolute atomic E-state index is 13.2. The van der Waals surface area contributed by atoms with Crippen LogP contribution in [0.5, 0.6) is 0 Å². The van der Waals surface area contributed by atoms with Gasteiger partial charge >= 0.3 is 0 Å². The van der Waals surface area contributed by atoms with Gasteiger partial charge in [-0.05, 0) is 43.4 Å². The van der Waals surface area contributed by atoms with E-state index in [0.717, 1.165) is 36.1 Å². The monoisotopic (exact) mass is 305 g/mol. The molecule has 2 aromatic carbocycles. The highest BCUT2D eigenvalue weighted by Crippen LogP contribution is 2.25. The summed E-state index contributed by atoms with van der Waals surface area (Å²) < 4.78 is 0. The molecule has 2 heteroatoms. The third-order valence-electron chi connectivity index (χ3n) is 4.49. The average molecular weight is 305 g/mol. The molecule has 3 rings (SSSR count). The summed E-state index contributed by atoms with van der Waals surface area (Å²) in [7, 11) is 0. The molecular formula is C21H23NO. The molecule has 0 aromatic heterocycles. The van der Waals surface area contributed by atoms with Crippen LogP contribution in [-0.2, 0) is 4.79 Å². The Morgan fingerprint density at radius 1 is 1.00 bits per heavy atom. The van der Waals surface area contributed by atoms with Crippen molar-refractivity contribution >= 4 is 17.6 Å². The Kier molecular flexibility index (Phi) is 4.92. The van der Waals surface area contributed by atoms with Gasteiger partial charge in [0.2, 0.25) is 0 Å². The van der Waals surface area contributed by atoms with Crippen LogP contribution in [0, 0.1) is 0 Å². The van der Waals surface area contributed by atoms with Crippen molar-refractivity contribution in [2.45, 2.75) is 32.2 Å². The Balaban J connectivity index is 1.98. The van der Waals surface area contributed by atoms with E-state index in [1.165, 1.54) is 6.42 Å². The van der Waals surface area contributed by atoms with E-state index in [2.05, 4.69) is 6.92 Å². The first-order chi connectivity index (χ1) is 11.3. The van der Waals surface area contributed by atoms with Crippen molar-refractivity contribution in [1.82, 2.24) is 4.90 Å². The summed E-state index contributed by atoms with van der Waals surface area (Å²) in [6.07, 6.45) is 5.43. The summed E-state index contributed by atoms with van der Waals surface area (Å²) in [5, 5.41) is 0. The molecule has 1 fully saturated rings. The van der Waals surface area contributed by atoms with Crippen molar-refractivity contribution in [2.75, 3.05) is 6.54 Å². The zero-order valence-electron chi connectivity index (χ0n) is 13.6. The van der Waals surface area contributed by atoms with Gasteiger partial charge in [0, 0.05) is 18.2 Å². The SMILES string of the molecule is C[C@@H]1CCCCN1C(=O)/C(=C/c1ccccc1)c1ccccc1. The van der Waals surface area contributed by atoms with Gasteiger partial charge in [0.25, 0.3) is 5.91 Å². The molecule has 0 saturated carbocycles. The number of likely N-dealkylation sites (tertiary alicyclic amines) is 1. The maximum atomic E-state index is 13.2. The van der Waals surface area contributed by atoms with E-state index in [1.54, 1.807) is 0 Å². The Morgan fingerprint density at radius 2 is 1.65 bits per heavy atom. The number of carbonyl (C=O) groups excluding carboxylic acids is 1. The Hall–Kier alpha value is -2.35. The second kappa shape index (κ2) is 7.28. The van der Waals surface area contributed by atoms with Crippen molar-refractivity contribution in [1.29, 1.82) is 0 Å². The topological polar surface area (TPSA) is 20.3 Å². The summed E-state index contributed by atoms with van der Waals surface area (Å²) in [5.74, 6) is 0.146. The van der Waals surface area contributed by atoms with E-state index in [9.17, 15) is 4.79 Å². The second-order valence-electron chi connectivity index (χ2n) is 6.18. The van der Waals surface area contributed by atoms with E-state index >= 15 is 0 Å². The van der Waals surface area contributed by atoms with Crippen LogP contribution < -0.4 is 0 Å². The number of benzene rings is 2. The van der Waals surface area contributed by atoms with Crippen LogP contribution in [0.4, 0.5) is 0 Å². The van der Waals surface area contributed by atoms with Crippen LogP contribution in [0.2, 0.25) is 0 Å². The molecule has 0 spiro atoms. The second-order valence-corrected chi connectivity index (χ2v) is 6.18. The molecule has 0 aliphatic carbocycles. The highest BCUT2D eigenvalue weighted by molar-refractivity contribution is 6.24. The van der Waals surface area contributed by atoms with Gasteiger partial charge < -0.3 is 4.90 Å². The molecule has 0 bridgehead atoms. The van der Waals surface area contributed by atoms with Crippen LogP contribution in [0.1, 0.15) is 37.3 Å². The molecule has 1 aliphatic rings. The van der Waals surface area contributed by atoms with Crippen molar-refractivity contribution < 1.29 is 4.79 Å². The Labute approximate surface area is 138 Å². The van der Waals surface area contributed by atoms with Gasteiger partial charge in [-0.15, -0.1) is 0 Å². The molecule has 2 nitrogen and oxygen atoms in total. The standard InChI is InChI=1S/C21H23NO/c1-17-10-8-9-15-22(17)21(23)20(19-13-6-3-7-14-19)16-18-11-4-2-5-12-18/h2-7,11-14,16-17H,8-10,15H2,1H3/b20-16+/t17-/m1/s1. The lowest BCUT2D eigenvalue weighted by atomic mass is 9.98. The minimum atomic E-state index is 0.146. The number of amides is 1. The quantitative estimate of drug-likeness (QED) is 0.598. The summed E-state index contributed by atoms with van der Waals surface area (Å²) >= 11 is 0. The number of hydrogen-bond donors (Lipinski definition) is 0. The normalized spacial score (nSPS) is 18.7. The van der Waals surface area contributed by atoms with E-state index in [1.807, 2.05) is 71.6 Å². The highest BCUT2D eigenvalue weighted by Gasteiger charge is 2.26. The van der Waals surface area contributed by atoms with Crippen LogP contribution in [0.3, 0.4) is 0 Å². The minimum Gasteiger partial charge on any atom is -0.336 e. The van der Waals surface area contributed by atoms with Crippen molar-refractivity contribution in [2.24, 2.45) is 0 Å². The van der Waals surface area contributed by atoms with E-state index < -0.39 is 0 Å². The average Bonchev–Trinajstić information content (AvgIpc) is 2.61. The fourth-order valence-corrected chi connectivity index (χ4v) is 3.16. The fourth-order valence-electron chi connectivity index (χ4n) is 3.16. The lowest BCUT2D eigenvalue weighted by Crippen LogP contribution is -2.42. The van der Waals surface area contributed by atoms with Gasteiger partial charge in [-0.1, -0.05) is 60.7 Å². The number of nitrogens with zero attached hydrogens (tertiary/aromatic N) is 1. The minimum absolute atomic E-state index is 0.146. The zero-order valence-corrected chi connectivity index (χ0v) is 13.6. The first kappa shape index (κ1) is 15.5. The molecule has 1 atom stereocenters. The molecule has 1 saturated heterocycles. The summed E-state index contributed by atoms with van der Waals surface area (Å²) in [5.41, 5.74) is 2.83. The number of piperidine rings is 1. The van der Waals surface area contributed by atoms with Gasteiger partial charge in [0.1, 0.15) is 0 Å². The van der Waals surface area contributed by atoms with Crippen LogP contribution in [0.15, 0.2) is 60.7 Å². The van der Waals surface area contributed by atoms with Gasteiger partial charge in [0.05, 0.1) is 0 Å². The van der Waals surface area contributed by atoms with Crippen LogP contribution in [0.25, 0.3) is 11.6 Å². The predicted octanol–water partition coefficient (Wildman–Crippen LogP) is 4.63. The molecule has 0 N–H and O–H groups in total. The van der Waals surface area contributed by atoms with E-state index in [4.69, 9.17) is 0 Å². The molecule has 2 aromatic rings. The zero-order chi connectivity index (χ0) is 16.1. The van der Waals surface area contributed by atoms with E-state index in [0.29, 0.717) is 6.04 Å². The largest absolute Gasteiger partial charge is 0.336 e. The van der Waals surface area contributed by atoms with Crippen molar-refractivity contribution in [3.63, 3.8) is 0 Å². The number of rotatable bonds is 3. The lowest BCUT2D eigenvalue weighted by molar-refractivity contribution is -0.128. The molecule has 1 heterocycles. The molecule has 0 unspecified atom stereocenters. The third-order valence-corrected chi connectivity index (χ3v) is 4.49. The molecule has 1 aliphatic heterocycles. The van der Waals surface area contributed by atoms with Crippen LogP contribution >= 0.6 is 0 Å². The Morgan fingerprint density at radius 3 is 2.30 bits per heavy atom.